The lowest BCUT2D eigenvalue weighted by molar-refractivity contribution is 0.543. The molecule has 1 N–H and O–H groups in total. The molecule has 0 amide bonds. The first-order valence-electron chi connectivity index (χ1n) is 6.08. The third-order valence-electron chi connectivity index (χ3n) is 3.05. The Hall–Kier alpha value is -1.47. The number of aliphatic imine (C=N–C) groups is 1. The number of amidine groups is 1. The van der Waals surface area contributed by atoms with Crippen molar-refractivity contribution in [3.63, 3.8) is 0 Å². The molecule has 1 atom stereocenters. The lowest BCUT2D eigenvalue weighted by Crippen LogP contribution is -2.12. The number of nitriles is 1. The fraction of sp³-hybridized carbons (Fsp3) is 0.429. The molecule has 0 unspecified atom stereocenters. The topological polar surface area (TPSA) is 48.2 Å². The Labute approximate surface area is 112 Å². The van der Waals surface area contributed by atoms with E-state index in [4.69, 9.17) is 5.26 Å². The van der Waals surface area contributed by atoms with E-state index in [1.165, 1.54) is 0 Å². The monoisotopic (exact) mass is 259 g/mol. The zero-order valence-electron chi connectivity index (χ0n) is 10.9. The molecule has 0 fully saturated rings. The highest BCUT2D eigenvalue weighted by Gasteiger charge is 2.21. The molecule has 1 aromatic rings. The SMILES string of the molecule is Cc1ccc(C#N)cc1NC1=N[C@@H](C(C)C)CS1. The second-order valence-corrected chi connectivity index (χ2v) is 5.83. The summed E-state index contributed by atoms with van der Waals surface area (Å²) in [6, 6.07) is 8.23. The van der Waals surface area contributed by atoms with Crippen LogP contribution in [-0.2, 0) is 0 Å². The van der Waals surface area contributed by atoms with Gasteiger partial charge in [-0.15, -0.1) is 0 Å². The van der Waals surface area contributed by atoms with Gasteiger partial charge in [-0.3, -0.25) is 4.99 Å². The third kappa shape index (κ3) is 2.85. The minimum atomic E-state index is 0.400. The van der Waals surface area contributed by atoms with E-state index in [0.717, 1.165) is 22.2 Å². The molecule has 18 heavy (non-hydrogen) atoms. The van der Waals surface area contributed by atoms with Crippen LogP contribution in [0.15, 0.2) is 23.2 Å². The number of anilines is 1. The molecule has 1 aliphatic rings. The van der Waals surface area contributed by atoms with Crippen molar-refractivity contribution in [1.29, 1.82) is 5.26 Å². The molecular weight excluding hydrogens is 242 g/mol. The van der Waals surface area contributed by atoms with E-state index in [-0.39, 0.29) is 0 Å². The molecule has 1 aliphatic heterocycles. The smallest absolute Gasteiger partial charge is 0.161 e. The molecule has 3 nitrogen and oxygen atoms in total. The Morgan fingerprint density at radius 1 is 1.50 bits per heavy atom. The normalized spacial score (nSPS) is 18.6. The van der Waals surface area contributed by atoms with Crippen LogP contribution in [0.4, 0.5) is 5.69 Å². The van der Waals surface area contributed by atoms with E-state index in [9.17, 15) is 0 Å². The van der Waals surface area contributed by atoms with E-state index in [1.807, 2.05) is 25.1 Å². The van der Waals surface area contributed by atoms with Crippen LogP contribution in [0.3, 0.4) is 0 Å². The van der Waals surface area contributed by atoms with Crippen LogP contribution in [0.1, 0.15) is 25.0 Å². The van der Waals surface area contributed by atoms with Gasteiger partial charge in [0, 0.05) is 11.4 Å². The second-order valence-electron chi connectivity index (χ2n) is 4.82. The van der Waals surface area contributed by atoms with Gasteiger partial charge in [0.1, 0.15) is 0 Å². The Kier molecular flexibility index (Phi) is 3.93. The highest BCUT2D eigenvalue weighted by atomic mass is 32.2. The van der Waals surface area contributed by atoms with Crippen LogP contribution in [0.25, 0.3) is 0 Å². The quantitative estimate of drug-likeness (QED) is 0.885. The molecule has 0 saturated heterocycles. The van der Waals surface area contributed by atoms with Crippen molar-refractivity contribution in [2.24, 2.45) is 10.9 Å². The molecule has 0 aliphatic carbocycles. The summed E-state index contributed by atoms with van der Waals surface area (Å²) in [5, 5.41) is 13.2. The lowest BCUT2D eigenvalue weighted by Gasteiger charge is -2.09. The van der Waals surface area contributed by atoms with Crippen LogP contribution in [-0.4, -0.2) is 17.0 Å². The van der Waals surface area contributed by atoms with E-state index in [0.29, 0.717) is 17.5 Å². The molecule has 0 aromatic heterocycles. The summed E-state index contributed by atoms with van der Waals surface area (Å²) in [4.78, 5) is 4.67. The van der Waals surface area contributed by atoms with E-state index in [1.54, 1.807) is 11.8 Å². The Morgan fingerprint density at radius 2 is 2.28 bits per heavy atom. The van der Waals surface area contributed by atoms with Crippen LogP contribution in [0.2, 0.25) is 0 Å². The molecule has 0 spiro atoms. The van der Waals surface area contributed by atoms with Crippen molar-refractivity contribution in [3.8, 4) is 6.07 Å². The van der Waals surface area contributed by atoms with Crippen molar-refractivity contribution < 1.29 is 0 Å². The lowest BCUT2D eigenvalue weighted by atomic mass is 10.1. The van der Waals surface area contributed by atoms with E-state index < -0.39 is 0 Å². The summed E-state index contributed by atoms with van der Waals surface area (Å²) in [6.45, 7) is 6.42. The van der Waals surface area contributed by atoms with Gasteiger partial charge in [-0.1, -0.05) is 31.7 Å². The summed E-state index contributed by atoms with van der Waals surface area (Å²) in [5.41, 5.74) is 2.78. The molecule has 0 bridgehead atoms. The molecule has 0 radical (unpaired) electrons. The number of nitrogens with one attached hydrogen (secondary N) is 1. The number of aryl methyl sites for hydroxylation is 1. The molecule has 0 saturated carbocycles. The molecule has 2 rings (SSSR count). The summed E-state index contributed by atoms with van der Waals surface area (Å²) in [5.74, 6) is 1.61. The second kappa shape index (κ2) is 5.45. The van der Waals surface area contributed by atoms with E-state index in [2.05, 4.69) is 30.2 Å². The van der Waals surface area contributed by atoms with Crippen LogP contribution in [0, 0.1) is 24.2 Å². The van der Waals surface area contributed by atoms with Gasteiger partial charge in [-0.25, -0.2) is 0 Å². The Balaban J connectivity index is 2.16. The number of benzene rings is 1. The Morgan fingerprint density at radius 3 is 2.89 bits per heavy atom. The van der Waals surface area contributed by atoms with Crippen molar-refractivity contribution in [2.45, 2.75) is 26.8 Å². The maximum atomic E-state index is 8.92. The summed E-state index contributed by atoms with van der Waals surface area (Å²) < 4.78 is 0. The van der Waals surface area contributed by atoms with Crippen molar-refractivity contribution in [3.05, 3.63) is 29.3 Å². The summed E-state index contributed by atoms with van der Waals surface area (Å²) >= 11 is 1.75. The molecule has 94 valence electrons. The first-order valence-corrected chi connectivity index (χ1v) is 7.07. The van der Waals surface area contributed by atoms with Gasteiger partial charge in [-0.2, -0.15) is 5.26 Å². The van der Waals surface area contributed by atoms with Crippen LogP contribution < -0.4 is 5.32 Å². The van der Waals surface area contributed by atoms with Crippen molar-refractivity contribution in [2.75, 3.05) is 11.1 Å². The summed E-state index contributed by atoms with van der Waals surface area (Å²) in [6.07, 6.45) is 0. The minimum Gasteiger partial charge on any atom is -0.335 e. The van der Waals surface area contributed by atoms with Gasteiger partial charge in [0.15, 0.2) is 5.17 Å². The molecule has 1 aromatic carbocycles. The predicted molar refractivity (Wildman–Crippen MR) is 78.0 cm³/mol. The van der Waals surface area contributed by atoms with Gasteiger partial charge < -0.3 is 5.32 Å². The Bertz CT molecular complexity index is 514. The van der Waals surface area contributed by atoms with Crippen molar-refractivity contribution >= 4 is 22.6 Å². The fourth-order valence-corrected chi connectivity index (χ4v) is 2.92. The largest absolute Gasteiger partial charge is 0.335 e. The minimum absolute atomic E-state index is 0.400. The average Bonchev–Trinajstić information content (AvgIpc) is 2.81. The number of rotatable bonds is 2. The average molecular weight is 259 g/mol. The van der Waals surface area contributed by atoms with Gasteiger partial charge in [0.05, 0.1) is 17.7 Å². The number of thioether (sulfide) groups is 1. The molecule has 4 heteroatoms. The highest BCUT2D eigenvalue weighted by molar-refractivity contribution is 8.14. The number of hydrogen-bond donors (Lipinski definition) is 1. The predicted octanol–water partition coefficient (Wildman–Crippen LogP) is 3.41. The molecular formula is C14H17N3S. The van der Waals surface area contributed by atoms with Gasteiger partial charge in [-0.05, 0) is 30.5 Å². The first kappa shape index (κ1) is 13.0. The van der Waals surface area contributed by atoms with E-state index >= 15 is 0 Å². The summed E-state index contributed by atoms with van der Waals surface area (Å²) in [7, 11) is 0. The van der Waals surface area contributed by atoms with Gasteiger partial charge in [0.25, 0.3) is 0 Å². The maximum Gasteiger partial charge on any atom is 0.161 e. The highest BCUT2D eigenvalue weighted by Crippen LogP contribution is 2.26. The van der Waals surface area contributed by atoms with Crippen LogP contribution >= 0.6 is 11.8 Å². The standard InChI is InChI=1S/C14H17N3S/c1-9(2)13-8-18-14(17-13)16-12-6-11(7-15)5-4-10(12)3/h4-6,9,13H,8H2,1-3H3,(H,16,17)/t13-/m1/s1. The van der Waals surface area contributed by atoms with Crippen LogP contribution in [0.5, 0.6) is 0 Å². The molecule has 1 heterocycles. The number of hydrogen-bond acceptors (Lipinski definition) is 4. The van der Waals surface area contributed by atoms with Crippen molar-refractivity contribution in [1.82, 2.24) is 0 Å². The number of nitrogens with zero attached hydrogens (tertiary/aromatic N) is 2. The van der Waals surface area contributed by atoms with Gasteiger partial charge in [0.2, 0.25) is 0 Å². The third-order valence-corrected chi connectivity index (χ3v) is 4.04. The fourth-order valence-electron chi connectivity index (χ4n) is 1.74. The van der Waals surface area contributed by atoms with Gasteiger partial charge >= 0.3 is 0 Å². The maximum absolute atomic E-state index is 8.92. The first-order chi connectivity index (χ1) is 8.60. The zero-order chi connectivity index (χ0) is 13.1. The zero-order valence-corrected chi connectivity index (χ0v) is 11.7.